The van der Waals surface area contributed by atoms with Crippen molar-refractivity contribution in [3.05, 3.63) is 23.3 Å². The van der Waals surface area contributed by atoms with Gasteiger partial charge in [0.1, 0.15) is 11.5 Å². The lowest BCUT2D eigenvalue weighted by Crippen LogP contribution is -2.22. The Morgan fingerprint density at radius 1 is 1.24 bits per heavy atom. The lowest BCUT2D eigenvalue weighted by molar-refractivity contribution is 0.0949. The molecule has 3 nitrogen and oxygen atoms in total. The molecule has 17 heavy (non-hydrogen) atoms. The maximum atomic E-state index is 12.1. The van der Waals surface area contributed by atoms with Crippen LogP contribution in [0.5, 0.6) is 11.5 Å². The molecule has 0 saturated heterocycles. The SMILES string of the molecule is COc1ccc(OC)c2c1C[C@H](CCl)CC2=O. The average molecular weight is 255 g/mol. The summed E-state index contributed by atoms with van der Waals surface area (Å²) in [6.07, 6.45) is 1.25. The molecule has 0 aromatic heterocycles. The van der Waals surface area contributed by atoms with E-state index in [0.29, 0.717) is 23.6 Å². The number of hydrogen-bond acceptors (Lipinski definition) is 3. The van der Waals surface area contributed by atoms with Crippen LogP contribution in [-0.4, -0.2) is 25.9 Å². The van der Waals surface area contributed by atoms with Gasteiger partial charge in [0.15, 0.2) is 5.78 Å². The van der Waals surface area contributed by atoms with Gasteiger partial charge in [-0.2, -0.15) is 0 Å². The van der Waals surface area contributed by atoms with Gasteiger partial charge in [0.2, 0.25) is 0 Å². The Morgan fingerprint density at radius 3 is 2.47 bits per heavy atom. The minimum absolute atomic E-state index is 0.0904. The largest absolute Gasteiger partial charge is 0.496 e. The molecule has 0 aliphatic heterocycles. The summed E-state index contributed by atoms with van der Waals surface area (Å²) >= 11 is 5.86. The molecule has 0 spiro atoms. The molecule has 2 rings (SSSR count). The third-order valence-electron chi connectivity index (χ3n) is 3.14. The summed E-state index contributed by atoms with van der Waals surface area (Å²) in [7, 11) is 3.18. The fourth-order valence-electron chi connectivity index (χ4n) is 2.31. The van der Waals surface area contributed by atoms with Crippen molar-refractivity contribution in [1.29, 1.82) is 0 Å². The van der Waals surface area contributed by atoms with Crippen molar-refractivity contribution < 1.29 is 14.3 Å². The van der Waals surface area contributed by atoms with E-state index in [1.807, 2.05) is 6.07 Å². The zero-order chi connectivity index (χ0) is 12.4. The maximum absolute atomic E-state index is 12.1. The van der Waals surface area contributed by atoms with E-state index in [-0.39, 0.29) is 11.7 Å². The van der Waals surface area contributed by atoms with Crippen molar-refractivity contribution in [1.82, 2.24) is 0 Å². The summed E-state index contributed by atoms with van der Waals surface area (Å²) < 4.78 is 10.5. The first kappa shape index (κ1) is 12.2. The second kappa shape index (κ2) is 4.96. The van der Waals surface area contributed by atoms with Crippen molar-refractivity contribution >= 4 is 17.4 Å². The number of halogens is 1. The molecule has 0 unspecified atom stereocenters. The summed E-state index contributed by atoms with van der Waals surface area (Å²) in [4.78, 5) is 12.1. The highest BCUT2D eigenvalue weighted by molar-refractivity contribution is 6.18. The van der Waals surface area contributed by atoms with Crippen LogP contribution < -0.4 is 9.47 Å². The number of ketones is 1. The van der Waals surface area contributed by atoms with Gasteiger partial charge in [0, 0.05) is 17.9 Å². The second-order valence-corrected chi connectivity index (χ2v) is 4.48. The van der Waals surface area contributed by atoms with Crippen LogP contribution in [0.2, 0.25) is 0 Å². The number of hydrogen-bond donors (Lipinski definition) is 0. The Balaban J connectivity index is 2.55. The maximum Gasteiger partial charge on any atom is 0.167 e. The lowest BCUT2D eigenvalue weighted by Gasteiger charge is -2.25. The van der Waals surface area contributed by atoms with Crippen molar-refractivity contribution in [3.63, 3.8) is 0 Å². The first-order valence-corrected chi connectivity index (χ1v) is 6.07. The van der Waals surface area contributed by atoms with E-state index in [9.17, 15) is 4.79 Å². The molecule has 1 aliphatic rings. The fraction of sp³-hybridized carbons (Fsp3) is 0.462. The number of ether oxygens (including phenoxy) is 2. The minimum atomic E-state index is 0.0904. The number of alkyl halides is 1. The van der Waals surface area contributed by atoms with Crippen LogP contribution in [0, 0.1) is 5.92 Å². The van der Waals surface area contributed by atoms with E-state index in [1.54, 1.807) is 20.3 Å². The van der Waals surface area contributed by atoms with Gasteiger partial charge in [-0.25, -0.2) is 0 Å². The normalized spacial score (nSPS) is 18.8. The van der Waals surface area contributed by atoms with Gasteiger partial charge in [0.25, 0.3) is 0 Å². The van der Waals surface area contributed by atoms with Crippen LogP contribution in [-0.2, 0) is 6.42 Å². The number of fused-ring (bicyclic) bond motifs is 1. The summed E-state index contributed by atoms with van der Waals surface area (Å²) in [6, 6.07) is 3.61. The molecule has 1 aromatic rings. The molecule has 0 saturated carbocycles. The van der Waals surface area contributed by atoms with Crippen LogP contribution in [0.15, 0.2) is 12.1 Å². The van der Waals surface area contributed by atoms with Crippen molar-refractivity contribution in [2.75, 3.05) is 20.1 Å². The highest BCUT2D eigenvalue weighted by Gasteiger charge is 2.29. The molecule has 0 N–H and O–H groups in total. The molecule has 0 amide bonds. The molecule has 0 radical (unpaired) electrons. The number of benzene rings is 1. The summed E-state index contributed by atoms with van der Waals surface area (Å²) in [6.45, 7) is 0. The Hall–Kier alpha value is -1.22. The first-order valence-electron chi connectivity index (χ1n) is 5.54. The molecular formula is C13H15ClO3. The van der Waals surface area contributed by atoms with Crippen LogP contribution in [0.3, 0.4) is 0 Å². The molecular weight excluding hydrogens is 240 g/mol. The molecule has 1 aromatic carbocycles. The first-order chi connectivity index (χ1) is 8.21. The lowest BCUT2D eigenvalue weighted by atomic mass is 9.83. The fourth-order valence-corrected chi connectivity index (χ4v) is 2.53. The van der Waals surface area contributed by atoms with Crippen LogP contribution >= 0.6 is 11.6 Å². The average Bonchev–Trinajstić information content (AvgIpc) is 2.37. The van der Waals surface area contributed by atoms with E-state index < -0.39 is 0 Å². The quantitative estimate of drug-likeness (QED) is 0.778. The van der Waals surface area contributed by atoms with E-state index >= 15 is 0 Å². The second-order valence-electron chi connectivity index (χ2n) is 4.18. The van der Waals surface area contributed by atoms with E-state index in [1.165, 1.54) is 0 Å². The number of carbonyl (C=O) groups is 1. The Labute approximate surface area is 106 Å². The number of rotatable bonds is 3. The molecule has 0 heterocycles. The van der Waals surface area contributed by atoms with Gasteiger partial charge in [-0.15, -0.1) is 11.6 Å². The Morgan fingerprint density at radius 2 is 1.88 bits per heavy atom. The summed E-state index contributed by atoms with van der Waals surface area (Å²) in [5.41, 5.74) is 1.59. The molecule has 1 aliphatic carbocycles. The third-order valence-corrected chi connectivity index (χ3v) is 3.57. The van der Waals surface area contributed by atoms with Crippen LogP contribution in [0.1, 0.15) is 22.3 Å². The van der Waals surface area contributed by atoms with E-state index in [4.69, 9.17) is 21.1 Å². The van der Waals surface area contributed by atoms with Gasteiger partial charge < -0.3 is 9.47 Å². The Kier molecular flexibility index (Phi) is 3.57. The zero-order valence-corrected chi connectivity index (χ0v) is 10.7. The summed E-state index contributed by atoms with van der Waals surface area (Å²) in [5, 5.41) is 0. The van der Waals surface area contributed by atoms with Crippen molar-refractivity contribution in [2.45, 2.75) is 12.8 Å². The topological polar surface area (TPSA) is 35.5 Å². The molecule has 0 bridgehead atoms. The van der Waals surface area contributed by atoms with Gasteiger partial charge in [-0.1, -0.05) is 0 Å². The Bertz CT molecular complexity index is 443. The van der Waals surface area contributed by atoms with Gasteiger partial charge >= 0.3 is 0 Å². The highest BCUT2D eigenvalue weighted by atomic mass is 35.5. The van der Waals surface area contributed by atoms with E-state index in [0.717, 1.165) is 17.7 Å². The third kappa shape index (κ3) is 2.12. The standard InChI is InChI=1S/C13H15ClO3/c1-16-11-3-4-12(17-2)13-9(11)5-8(7-14)6-10(13)15/h3-4,8H,5-7H2,1-2H3/t8-/m0/s1. The van der Waals surface area contributed by atoms with Gasteiger partial charge in [-0.3, -0.25) is 4.79 Å². The molecule has 1 atom stereocenters. The number of carbonyl (C=O) groups excluding carboxylic acids is 1. The number of methoxy groups -OCH3 is 2. The van der Waals surface area contributed by atoms with Gasteiger partial charge in [-0.05, 0) is 24.5 Å². The smallest absolute Gasteiger partial charge is 0.167 e. The van der Waals surface area contributed by atoms with E-state index in [2.05, 4.69) is 0 Å². The molecule has 0 fully saturated rings. The molecule has 4 heteroatoms. The zero-order valence-electron chi connectivity index (χ0n) is 9.96. The monoisotopic (exact) mass is 254 g/mol. The molecule has 92 valence electrons. The van der Waals surface area contributed by atoms with Crippen molar-refractivity contribution in [2.24, 2.45) is 5.92 Å². The predicted octanol–water partition coefficient (Wildman–Crippen LogP) is 2.69. The van der Waals surface area contributed by atoms with Gasteiger partial charge in [0.05, 0.1) is 19.8 Å². The van der Waals surface area contributed by atoms with Crippen LogP contribution in [0.4, 0.5) is 0 Å². The minimum Gasteiger partial charge on any atom is -0.496 e. The summed E-state index contributed by atoms with van der Waals surface area (Å²) in [5.74, 6) is 2.14. The predicted molar refractivity (Wildman–Crippen MR) is 66.4 cm³/mol. The number of Topliss-reactive ketones (excluding diaryl/α,β-unsaturated/α-hetero) is 1. The van der Waals surface area contributed by atoms with Crippen molar-refractivity contribution in [3.8, 4) is 11.5 Å². The highest BCUT2D eigenvalue weighted by Crippen LogP contribution is 2.38. The van der Waals surface area contributed by atoms with Crippen LogP contribution in [0.25, 0.3) is 0 Å².